The van der Waals surface area contributed by atoms with Crippen molar-refractivity contribution < 1.29 is 24.2 Å². The predicted molar refractivity (Wildman–Crippen MR) is 184 cm³/mol. The number of rotatable bonds is 15. The molecule has 3 aliphatic heterocycles. The molecule has 2 aromatic carbocycles. The SMILES string of the molecule is C=CCN(Cc1ccccc1)C(=O)C1N([C@@H](CO)[C@@H](C)CC)C(=O)[C@@H]2[C@H](C(=O)N(CC=C)c3ccc(OCC)cc3)[C@@H]3CCC12S3. The summed E-state index contributed by atoms with van der Waals surface area (Å²) in [5.74, 6) is -1.09. The Hall–Kier alpha value is -3.56. The molecule has 0 saturated carbocycles. The molecule has 46 heavy (non-hydrogen) atoms. The molecule has 0 aliphatic carbocycles. The third-order valence-corrected chi connectivity index (χ3v) is 12.0. The maximum atomic E-state index is 14.8. The van der Waals surface area contributed by atoms with Gasteiger partial charge in [-0.05, 0) is 55.5 Å². The number of hydrogen-bond donors (Lipinski definition) is 1. The molecule has 246 valence electrons. The van der Waals surface area contributed by atoms with E-state index in [0.717, 1.165) is 18.4 Å². The summed E-state index contributed by atoms with van der Waals surface area (Å²) in [7, 11) is 0. The van der Waals surface area contributed by atoms with Gasteiger partial charge in [-0.2, -0.15) is 0 Å². The average Bonchev–Trinajstić information content (AvgIpc) is 3.72. The standard InChI is InChI=1S/C37H47N3O5S/c1-6-21-38(23-26-13-11-10-12-14-26)36(44)33-37-20-19-30(46-37)31(32(37)35(43)40(33)29(24-41)25(5)8-3)34(42)39(22-7-2)27-15-17-28(18-16-27)45-9-4/h6-7,10-18,25,29-33,41H,1-2,8-9,19-24H2,3-5H3/t25-,29-,30-,31+,32-,33?,37?/m0/s1. The molecule has 0 aromatic heterocycles. The van der Waals surface area contributed by atoms with E-state index in [0.29, 0.717) is 37.6 Å². The number of carbonyl (C=O) groups excluding carboxylic acids is 3. The molecule has 1 spiro atoms. The number of aliphatic hydroxyl groups excluding tert-OH is 1. The highest BCUT2D eigenvalue weighted by molar-refractivity contribution is 8.02. The summed E-state index contributed by atoms with van der Waals surface area (Å²) in [4.78, 5) is 49.4. The number of carbonyl (C=O) groups is 3. The van der Waals surface area contributed by atoms with E-state index in [-0.39, 0.29) is 42.0 Å². The van der Waals surface area contributed by atoms with E-state index in [9.17, 15) is 19.5 Å². The number of aliphatic hydroxyl groups is 1. The van der Waals surface area contributed by atoms with E-state index in [1.807, 2.05) is 75.4 Å². The summed E-state index contributed by atoms with van der Waals surface area (Å²) in [5, 5.41) is 10.6. The van der Waals surface area contributed by atoms with Crippen molar-refractivity contribution in [3.63, 3.8) is 0 Å². The Morgan fingerprint density at radius 3 is 2.39 bits per heavy atom. The van der Waals surface area contributed by atoms with Gasteiger partial charge in [-0.15, -0.1) is 24.9 Å². The molecule has 3 saturated heterocycles. The van der Waals surface area contributed by atoms with Gasteiger partial charge in [0, 0.05) is 30.6 Å². The zero-order valence-corrected chi connectivity index (χ0v) is 28.0. The monoisotopic (exact) mass is 645 g/mol. The largest absolute Gasteiger partial charge is 0.494 e. The van der Waals surface area contributed by atoms with Crippen LogP contribution in [-0.4, -0.2) is 81.0 Å². The van der Waals surface area contributed by atoms with Gasteiger partial charge in [0.2, 0.25) is 17.7 Å². The van der Waals surface area contributed by atoms with Crippen LogP contribution in [0.5, 0.6) is 5.75 Å². The van der Waals surface area contributed by atoms with Crippen LogP contribution in [-0.2, 0) is 20.9 Å². The van der Waals surface area contributed by atoms with Gasteiger partial charge in [-0.1, -0.05) is 62.8 Å². The van der Waals surface area contributed by atoms with Crippen molar-refractivity contribution in [2.75, 3.05) is 31.2 Å². The number of hydrogen-bond acceptors (Lipinski definition) is 6. The minimum atomic E-state index is -0.800. The molecule has 3 amide bonds. The number of anilines is 1. The summed E-state index contributed by atoms with van der Waals surface area (Å²) in [6, 6.07) is 15.9. The second kappa shape index (κ2) is 14.5. The molecule has 3 heterocycles. The van der Waals surface area contributed by atoms with Crippen molar-refractivity contribution in [2.24, 2.45) is 17.8 Å². The van der Waals surface area contributed by atoms with Gasteiger partial charge in [-0.3, -0.25) is 14.4 Å². The fourth-order valence-electron chi connectivity index (χ4n) is 7.71. The number of nitrogens with zero attached hydrogens (tertiary/aromatic N) is 3. The Morgan fingerprint density at radius 1 is 1.09 bits per heavy atom. The predicted octanol–water partition coefficient (Wildman–Crippen LogP) is 5.32. The fourth-order valence-corrected chi connectivity index (χ4v) is 9.90. The lowest BCUT2D eigenvalue weighted by Crippen LogP contribution is -2.58. The molecule has 1 N–H and O–H groups in total. The first kappa shape index (κ1) is 33.8. The van der Waals surface area contributed by atoms with Crippen molar-refractivity contribution in [1.29, 1.82) is 0 Å². The molecule has 3 fully saturated rings. The maximum absolute atomic E-state index is 14.8. The summed E-state index contributed by atoms with van der Waals surface area (Å²) in [5.41, 5.74) is 1.69. The topological polar surface area (TPSA) is 90.4 Å². The quantitative estimate of drug-likeness (QED) is 0.264. The van der Waals surface area contributed by atoms with E-state index in [4.69, 9.17) is 4.74 Å². The van der Waals surface area contributed by atoms with Crippen LogP contribution >= 0.6 is 11.8 Å². The highest BCUT2D eigenvalue weighted by Crippen LogP contribution is 2.67. The van der Waals surface area contributed by atoms with Crippen molar-refractivity contribution in [2.45, 2.75) is 68.7 Å². The zero-order valence-electron chi connectivity index (χ0n) is 27.2. The Kier molecular flexibility index (Phi) is 10.6. The zero-order chi connectivity index (χ0) is 33.0. The van der Waals surface area contributed by atoms with E-state index >= 15 is 0 Å². The highest BCUT2D eigenvalue weighted by atomic mass is 32.2. The van der Waals surface area contributed by atoms with Gasteiger partial charge in [0.25, 0.3) is 0 Å². The molecule has 2 unspecified atom stereocenters. The van der Waals surface area contributed by atoms with Crippen LogP contribution in [0.25, 0.3) is 0 Å². The van der Waals surface area contributed by atoms with Gasteiger partial charge in [0.05, 0.1) is 35.8 Å². The van der Waals surface area contributed by atoms with Crippen LogP contribution in [0, 0.1) is 17.8 Å². The van der Waals surface area contributed by atoms with Crippen LogP contribution in [0.1, 0.15) is 45.6 Å². The van der Waals surface area contributed by atoms with E-state index in [1.54, 1.807) is 38.6 Å². The van der Waals surface area contributed by atoms with Crippen LogP contribution in [0.4, 0.5) is 5.69 Å². The van der Waals surface area contributed by atoms with E-state index in [1.165, 1.54) is 0 Å². The first-order valence-electron chi connectivity index (χ1n) is 16.5. The first-order chi connectivity index (χ1) is 22.3. The highest BCUT2D eigenvalue weighted by Gasteiger charge is 2.74. The Morgan fingerprint density at radius 2 is 1.78 bits per heavy atom. The molecule has 5 rings (SSSR count). The van der Waals surface area contributed by atoms with Gasteiger partial charge in [-0.25, -0.2) is 0 Å². The fraction of sp³-hybridized carbons (Fsp3) is 0.486. The molecule has 2 aromatic rings. The summed E-state index contributed by atoms with van der Waals surface area (Å²) >= 11 is 1.65. The number of benzene rings is 2. The molecule has 8 nitrogen and oxygen atoms in total. The van der Waals surface area contributed by atoms with Gasteiger partial charge < -0.3 is 24.5 Å². The van der Waals surface area contributed by atoms with Gasteiger partial charge in [0.15, 0.2) is 0 Å². The molecule has 9 heteroatoms. The second-order valence-corrected chi connectivity index (χ2v) is 14.2. The van der Waals surface area contributed by atoms with Crippen LogP contribution in [0.3, 0.4) is 0 Å². The minimum absolute atomic E-state index is 0.0427. The molecular weight excluding hydrogens is 598 g/mol. The Labute approximate surface area is 277 Å². The molecule has 7 atom stereocenters. The second-order valence-electron chi connectivity index (χ2n) is 12.6. The van der Waals surface area contributed by atoms with Gasteiger partial charge in [0.1, 0.15) is 11.8 Å². The van der Waals surface area contributed by atoms with Crippen LogP contribution in [0.15, 0.2) is 79.9 Å². The summed E-state index contributed by atoms with van der Waals surface area (Å²) in [6.45, 7) is 15.1. The van der Waals surface area contributed by atoms with Crippen LogP contribution < -0.4 is 9.64 Å². The molecular formula is C37H47N3O5S. The number of fused-ring (bicyclic) bond motifs is 1. The molecule has 2 bridgehead atoms. The number of amides is 3. The van der Waals surface area contributed by atoms with Crippen molar-refractivity contribution >= 4 is 35.2 Å². The Balaban J connectivity index is 1.56. The normalized spacial score (nSPS) is 25.9. The van der Waals surface area contributed by atoms with Gasteiger partial charge >= 0.3 is 0 Å². The molecule has 0 radical (unpaired) electrons. The lowest BCUT2D eigenvalue weighted by atomic mass is 9.70. The van der Waals surface area contributed by atoms with E-state index in [2.05, 4.69) is 13.2 Å². The van der Waals surface area contributed by atoms with E-state index < -0.39 is 28.7 Å². The third-order valence-electron chi connectivity index (χ3n) is 10.0. The number of thioether (sulfide) groups is 1. The minimum Gasteiger partial charge on any atom is -0.494 e. The maximum Gasteiger partial charge on any atom is 0.247 e. The van der Waals surface area contributed by atoms with Crippen LogP contribution in [0.2, 0.25) is 0 Å². The lowest BCUT2D eigenvalue weighted by molar-refractivity contribution is -0.147. The molecule has 3 aliphatic rings. The summed E-state index contributed by atoms with van der Waals surface area (Å²) in [6.07, 6.45) is 5.54. The lowest BCUT2D eigenvalue weighted by Gasteiger charge is -2.41. The smallest absolute Gasteiger partial charge is 0.247 e. The third kappa shape index (κ3) is 5.99. The first-order valence-corrected chi connectivity index (χ1v) is 17.3. The van der Waals surface area contributed by atoms with Crippen molar-refractivity contribution in [1.82, 2.24) is 9.80 Å². The van der Waals surface area contributed by atoms with Crippen molar-refractivity contribution in [3.05, 3.63) is 85.5 Å². The summed E-state index contributed by atoms with van der Waals surface area (Å²) < 4.78 is 4.84. The van der Waals surface area contributed by atoms with Crippen molar-refractivity contribution in [3.8, 4) is 5.75 Å². The Bertz CT molecular complexity index is 1420. The number of likely N-dealkylation sites (tertiary alicyclic amines) is 1. The number of ether oxygens (including phenoxy) is 1. The average molecular weight is 646 g/mol.